The van der Waals surface area contributed by atoms with Gasteiger partial charge in [0.15, 0.2) is 11.6 Å². The molecule has 0 radical (unpaired) electrons. The number of halogens is 6. The largest absolute Gasteiger partial charge is 0.534 e. The fraction of sp³-hybridized carbons (Fsp3) is 0.286. The summed E-state index contributed by atoms with van der Waals surface area (Å²) in [5.74, 6) is -1.43. The first kappa shape index (κ1) is 58.0. The van der Waals surface area contributed by atoms with Crippen LogP contribution in [-0.2, 0) is 49.1 Å². The van der Waals surface area contributed by atoms with Crippen LogP contribution < -0.4 is 34.6 Å². The van der Waals surface area contributed by atoms with Gasteiger partial charge in [0.25, 0.3) is 11.1 Å². The number of ether oxygens (including phenoxy) is 4. The molecule has 9 aromatic rings. The molecule has 5 aromatic heterocycles. The molecule has 18 nitrogen and oxygen atoms in total. The van der Waals surface area contributed by atoms with Crippen LogP contribution in [0.5, 0.6) is 17.2 Å². The van der Waals surface area contributed by atoms with Gasteiger partial charge in [0.2, 0.25) is 0 Å². The van der Waals surface area contributed by atoms with Gasteiger partial charge in [0.1, 0.15) is 26.7 Å². The molecule has 0 saturated carbocycles. The van der Waals surface area contributed by atoms with Crippen LogP contribution >= 0.6 is 22.7 Å². The average Bonchev–Trinajstić information content (AvgIpc) is 2.10. The zero-order valence-corrected chi connectivity index (χ0v) is 48.0. The second-order valence-corrected chi connectivity index (χ2v) is 24.6. The molecule has 3 aliphatic rings. The van der Waals surface area contributed by atoms with Gasteiger partial charge in [-0.25, -0.2) is 8.96 Å². The summed E-state index contributed by atoms with van der Waals surface area (Å²) in [4.78, 5) is 42.1. The number of imidazole rings is 1. The van der Waals surface area contributed by atoms with Crippen LogP contribution in [0.15, 0.2) is 122 Å². The molecule has 84 heavy (non-hydrogen) atoms. The van der Waals surface area contributed by atoms with E-state index in [1.165, 1.54) is 54.1 Å². The minimum absolute atomic E-state index is 0.0215. The Labute approximate surface area is 483 Å². The number of pyridine rings is 2. The van der Waals surface area contributed by atoms with E-state index in [1.54, 1.807) is 23.3 Å². The highest BCUT2D eigenvalue weighted by atomic mass is 32.2. The third kappa shape index (κ3) is 10.9. The molecule has 0 unspecified atom stereocenters. The van der Waals surface area contributed by atoms with Crippen LogP contribution in [-0.4, -0.2) is 118 Å². The van der Waals surface area contributed by atoms with Gasteiger partial charge in [-0.3, -0.25) is 23.7 Å². The van der Waals surface area contributed by atoms with Gasteiger partial charge in [-0.1, -0.05) is 30.3 Å². The summed E-state index contributed by atoms with van der Waals surface area (Å²) in [5, 5.41) is 4.00. The maximum Gasteiger partial charge on any atom is 0.534 e. The number of fused-ring (bicyclic) bond motifs is 4. The van der Waals surface area contributed by atoms with E-state index >= 15 is 0 Å². The summed E-state index contributed by atoms with van der Waals surface area (Å²) in [6.45, 7) is 6.58. The van der Waals surface area contributed by atoms with Gasteiger partial charge >= 0.3 is 31.2 Å². The third-order valence-corrected chi connectivity index (χ3v) is 18.8. The van der Waals surface area contributed by atoms with Crippen LogP contribution in [0.2, 0.25) is 0 Å². The molecule has 2 saturated heterocycles. The number of morpholine rings is 2. The maximum atomic E-state index is 14.3. The molecule has 12 rings (SSSR count). The Kier molecular flexibility index (Phi) is 15.7. The first-order chi connectivity index (χ1) is 40.1. The first-order valence-electron chi connectivity index (χ1n) is 25.8. The highest BCUT2D eigenvalue weighted by Gasteiger charge is 2.52. The van der Waals surface area contributed by atoms with E-state index in [9.17, 15) is 52.8 Å². The van der Waals surface area contributed by atoms with Gasteiger partial charge in [0, 0.05) is 49.4 Å². The zero-order valence-electron chi connectivity index (χ0n) is 44.7. The second-order valence-electron chi connectivity index (χ2n) is 19.5. The smallest absolute Gasteiger partial charge is 0.497 e. The molecule has 0 amide bonds. The van der Waals surface area contributed by atoms with E-state index in [1.807, 2.05) is 35.8 Å². The fourth-order valence-electron chi connectivity index (χ4n) is 10.3. The third-order valence-electron chi connectivity index (χ3n) is 14.5. The number of benzene rings is 4. The summed E-state index contributed by atoms with van der Waals surface area (Å²) >= 11 is 2.39. The number of rotatable bonds is 13. The SMILES string of the molecule is COc1ccc(Cn2c(=O)c(-c3nc4ccc(N5CCOCC5)cc4n3S(=O)(=O)C(F)(F)F)c(OS(=O)(=O)C(F)(F)F)c3ccsc32)cc1.COc1ccc(Cn2c(=O)c(C3=Nc4cc(N5CCOCC5)ccc4C3)c(C)c3ccsc32)cc1. The first-order valence-corrected chi connectivity index (χ1v) is 30.4. The predicted octanol–water partition coefficient (Wildman–Crippen LogP) is 9.84. The summed E-state index contributed by atoms with van der Waals surface area (Å²) in [5.41, 5.74) is -8.17. The van der Waals surface area contributed by atoms with Crippen LogP contribution in [0, 0.1) is 6.92 Å². The number of methoxy groups -OCH3 is 2. The Morgan fingerprint density at radius 3 is 1.68 bits per heavy atom. The minimum Gasteiger partial charge on any atom is -0.497 e. The van der Waals surface area contributed by atoms with Crippen LogP contribution in [0.25, 0.3) is 42.9 Å². The number of aryl methyl sites for hydroxylation is 1. The van der Waals surface area contributed by atoms with E-state index in [4.69, 9.17) is 23.9 Å². The zero-order chi connectivity index (χ0) is 59.5. The van der Waals surface area contributed by atoms with Crippen molar-refractivity contribution in [3.63, 3.8) is 0 Å². The molecule has 28 heteroatoms. The van der Waals surface area contributed by atoms with E-state index in [-0.39, 0.29) is 52.9 Å². The number of thiophene rings is 2. The average molecular weight is 1240 g/mol. The lowest BCUT2D eigenvalue weighted by Gasteiger charge is -2.29. The van der Waals surface area contributed by atoms with Crippen molar-refractivity contribution < 1.29 is 66.3 Å². The normalized spacial score (nSPS) is 15.1. The molecule has 0 bridgehead atoms. The monoisotopic (exact) mass is 1240 g/mol. The molecular weight excluding hydrogens is 1190 g/mol. The number of nitrogens with zero attached hydrogens (tertiary/aromatic N) is 7. The van der Waals surface area contributed by atoms with Crippen molar-refractivity contribution in [2.75, 3.05) is 76.6 Å². The molecule has 3 aliphatic heterocycles. The summed E-state index contributed by atoms with van der Waals surface area (Å²) in [6, 6.07) is 27.3. The second kappa shape index (κ2) is 22.7. The van der Waals surface area contributed by atoms with E-state index in [0.29, 0.717) is 24.3 Å². The summed E-state index contributed by atoms with van der Waals surface area (Å²) in [6.07, 6.45) is 0.674. The van der Waals surface area contributed by atoms with Crippen molar-refractivity contribution in [2.24, 2.45) is 4.99 Å². The van der Waals surface area contributed by atoms with Crippen LogP contribution in [0.1, 0.15) is 27.8 Å². The van der Waals surface area contributed by atoms with Gasteiger partial charge < -0.3 is 32.9 Å². The molecular formula is C56H49F6N7O11S4. The minimum atomic E-state index is -6.56. The Balaban J connectivity index is 0.000000185. The van der Waals surface area contributed by atoms with Gasteiger partial charge in [0.05, 0.1) is 87.1 Å². The molecule has 0 atom stereocenters. The molecule has 0 spiro atoms. The molecule has 0 N–H and O–H groups in total. The van der Waals surface area contributed by atoms with E-state index < -0.39 is 70.3 Å². The van der Waals surface area contributed by atoms with Gasteiger partial charge in [-0.2, -0.15) is 43.2 Å². The Morgan fingerprint density at radius 1 is 0.631 bits per heavy atom. The molecule has 2 fully saturated rings. The molecule has 440 valence electrons. The molecule has 4 aromatic carbocycles. The van der Waals surface area contributed by atoms with Crippen molar-refractivity contribution in [2.45, 2.75) is 37.5 Å². The van der Waals surface area contributed by atoms with E-state index in [2.05, 4.69) is 43.7 Å². The number of hydrogen-bond acceptors (Lipinski definition) is 17. The number of hydrogen-bond donors (Lipinski definition) is 0. The van der Waals surface area contributed by atoms with Gasteiger partial charge in [-0.15, -0.1) is 22.7 Å². The van der Waals surface area contributed by atoms with Gasteiger partial charge in [-0.05, 0) is 107 Å². The van der Waals surface area contributed by atoms with E-state index in [0.717, 1.165) is 104 Å². The lowest BCUT2D eigenvalue weighted by atomic mass is 9.99. The Morgan fingerprint density at radius 2 is 1.14 bits per heavy atom. The Hall–Kier alpha value is -7.76. The molecule has 0 aliphatic carbocycles. The number of anilines is 2. The summed E-state index contributed by atoms with van der Waals surface area (Å²) < 4.78 is 163. The fourth-order valence-corrected chi connectivity index (χ4v) is 13.6. The highest BCUT2D eigenvalue weighted by molar-refractivity contribution is 7.91. The van der Waals surface area contributed by atoms with Crippen LogP contribution in [0.4, 0.5) is 43.4 Å². The highest BCUT2D eigenvalue weighted by Crippen LogP contribution is 2.43. The topological polar surface area (TPSA) is 195 Å². The summed E-state index contributed by atoms with van der Waals surface area (Å²) in [7, 11) is -9.99. The predicted molar refractivity (Wildman–Crippen MR) is 308 cm³/mol. The lowest BCUT2D eigenvalue weighted by molar-refractivity contribution is -0.0499. The van der Waals surface area contributed by atoms with Crippen molar-refractivity contribution >= 4 is 97.1 Å². The maximum absolute atomic E-state index is 14.3. The number of alkyl halides is 6. The van der Waals surface area contributed by atoms with Crippen molar-refractivity contribution in [3.05, 3.63) is 156 Å². The standard InChI is InChI=1S/C28H22F6N4O8S3.C28H27N3O3S/c1-44-18-5-2-16(3-6-18)15-37-25(39)22(23(19-8-13-47-26(19)37)46-49(42,43)28(32,33)34)24-35-20-7-4-17(36-9-11-45-12-10-36)14-21(20)38(24)48(40,41)27(29,30)31;1-18-23-9-14-35-28(23)31(17-19-3-7-22(33-2)8-4-19)27(32)26(18)25-15-20-5-6-21(16-24(20)29-25)30-10-12-34-13-11-30/h2-8,13-14H,9-12,15H2,1H3;3-9,14,16H,10-13,15,17H2,1-2H3. The van der Waals surface area contributed by atoms with Crippen molar-refractivity contribution in [1.29, 1.82) is 0 Å². The lowest BCUT2D eigenvalue weighted by Crippen LogP contribution is -2.36. The van der Waals surface area contributed by atoms with Crippen LogP contribution in [0.3, 0.4) is 0 Å². The van der Waals surface area contributed by atoms with Crippen molar-refractivity contribution in [1.82, 2.24) is 18.1 Å². The molecule has 8 heterocycles. The van der Waals surface area contributed by atoms with Crippen molar-refractivity contribution in [3.8, 4) is 28.6 Å². The quantitative estimate of drug-likeness (QED) is 0.0601. The Bertz CT molecular complexity index is 4390. The number of aromatic nitrogens is 4. The number of aliphatic imine (C=N–C) groups is 1.